The van der Waals surface area contributed by atoms with E-state index in [-0.39, 0.29) is 23.4 Å². The van der Waals surface area contributed by atoms with Gasteiger partial charge in [0.05, 0.1) is 16.2 Å². The molecular formula is C12H15N3O5. The number of hydrogen-bond acceptors (Lipinski definition) is 5. The first-order valence-corrected chi connectivity index (χ1v) is 5.77. The van der Waals surface area contributed by atoms with E-state index in [0.29, 0.717) is 6.54 Å². The Morgan fingerprint density at radius 3 is 2.55 bits per heavy atom. The maximum atomic E-state index is 11.7. The van der Waals surface area contributed by atoms with E-state index >= 15 is 0 Å². The molecule has 1 amide bonds. The number of aromatic carboxylic acids is 1. The molecule has 1 aromatic rings. The minimum Gasteiger partial charge on any atom is -0.478 e. The van der Waals surface area contributed by atoms with Crippen molar-refractivity contribution >= 4 is 23.3 Å². The Kier molecular flexibility index (Phi) is 5.15. The van der Waals surface area contributed by atoms with Crippen molar-refractivity contribution in [3.63, 3.8) is 0 Å². The van der Waals surface area contributed by atoms with Crippen molar-refractivity contribution in [1.29, 1.82) is 0 Å². The fraction of sp³-hybridized carbons (Fsp3) is 0.333. The molecule has 0 bridgehead atoms. The SMILES string of the molecule is CN(C)CCC(=O)Nc1cc([N+](=O)[O-])ccc1C(=O)O. The van der Waals surface area contributed by atoms with Gasteiger partial charge in [-0.15, -0.1) is 0 Å². The zero-order valence-electron chi connectivity index (χ0n) is 11.1. The first kappa shape index (κ1) is 15.6. The smallest absolute Gasteiger partial charge is 0.337 e. The van der Waals surface area contributed by atoms with Gasteiger partial charge in [0.25, 0.3) is 5.69 Å². The van der Waals surface area contributed by atoms with Crippen molar-refractivity contribution < 1.29 is 19.6 Å². The quantitative estimate of drug-likeness (QED) is 0.598. The van der Waals surface area contributed by atoms with Crippen LogP contribution in [0.4, 0.5) is 11.4 Å². The molecule has 1 aromatic carbocycles. The molecule has 0 atom stereocenters. The molecule has 0 saturated heterocycles. The Labute approximate surface area is 115 Å². The van der Waals surface area contributed by atoms with Gasteiger partial charge in [-0.25, -0.2) is 4.79 Å². The number of carboxylic acids is 1. The van der Waals surface area contributed by atoms with Crippen LogP contribution < -0.4 is 5.32 Å². The minimum absolute atomic E-state index is 0.0737. The number of nitrogens with one attached hydrogen (secondary N) is 1. The third-order valence-electron chi connectivity index (χ3n) is 2.50. The average molecular weight is 281 g/mol. The van der Waals surface area contributed by atoms with E-state index in [1.807, 2.05) is 0 Å². The van der Waals surface area contributed by atoms with Crippen LogP contribution in [0, 0.1) is 10.1 Å². The number of anilines is 1. The lowest BCUT2D eigenvalue weighted by atomic mass is 10.1. The molecule has 2 N–H and O–H groups in total. The van der Waals surface area contributed by atoms with E-state index in [1.165, 1.54) is 0 Å². The first-order valence-electron chi connectivity index (χ1n) is 5.77. The van der Waals surface area contributed by atoms with Gasteiger partial charge in [0.1, 0.15) is 0 Å². The van der Waals surface area contributed by atoms with E-state index in [1.54, 1.807) is 19.0 Å². The molecule has 0 aromatic heterocycles. The zero-order valence-corrected chi connectivity index (χ0v) is 11.1. The third-order valence-corrected chi connectivity index (χ3v) is 2.50. The highest BCUT2D eigenvalue weighted by Gasteiger charge is 2.17. The summed E-state index contributed by atoms with van der Waals surface area (Å²) in [6.07, 6.45) is 0.161. The van der Waals surface area contributed by atoms with Gasteiger partial charge in [-0.05, 0) is 20.2 Å². The van der Waals surface area contributed by atoms with Crippen molar-refractivity contribution in [3.8, 4) is 0 Å². The number of benzene rings is 1. The Balaban J connectivity index is 2.95. The van der Waals surface area contributed by atoms with Gasteiger partial charge in [0, 0.05) is 25.1 Å². The monoisotopic (exact) mass is 281 g/mol. The number of amides is 1. The summed E-state index contributed by atoms with van der Waals surface area (Å²) in [6.45, 7) is 0.489. The summed E-state index contributed by atoms with van der Waals surface area (Å²) >= 11 is 0. The zero-order chi connectivity index (χ0) is 15.3. The van der Waals surface area contributed by atoms with Crippen LogP contribution in [0.5, 0.6) is 0 Å². The van der Waals surface area contributed by atoms with Gasteiger partial charge >= 0.3 is 5.97 Å². The van der Waals surface area contributed by atoms with Crippen LogP contribution in [-0.4, -0.2) is 47.4 Å². The van der Waals surface area contributed by atoms with Crippen LogP contribution in [0.1, 0.15) is 16.8 Å². The summed E-state index contributed by atoms with van der Waals surface area (Å²) in [4.78, 5) is 34.5. The van der Waals surface area contributed by atoms with Crippen LogP contribution >= 0.6 is 0 Å². The molecule has 20 heavy (non-hydrogen) atoms. The summed E-state index contributed by atoms with van der Waals surface area (Å²) < 4.78 is 0. The molecule has 0 aliphatic heterocycles. The molecule has 0 spiro atoms. The minimum atomic E-state index is -1.26. The van der Waals surface area contributed by atoms with E-state index in [9.17, 15) is 19.7 Å². The second-order valence-corrected chi connectivity index (χ2v) is 4.39. The number of hydrogen-bond donors (Lipinski definition) is 2. The lowest BCUT2D eigenvalue weighted by Crippen LogP contribution is -2.21. The Morgan fingerprint density at radius 2 is 2.05 bits per heavy atom. The summed E-state index contributed by atoms with van der Waals surface area (Å²) in [7, 11) is 3.59. The summed E-state index contributed by atoms with van der Waals surface area (Å²) in [5.74, 6) is -1.66. The van der Waals surface area contributed by atoms with Crippen LogP contribution in [0.25, 0.3) is 0 Å². The lowest BCUT2D eigenvalue weighted by molar-refractivity contribution is -0.384. The summed E-state index contributed by atoms with van der Waals surface area (Å²) in [6, 6.07) is 3.22. The molecule has 1 rings (SSSR count). The highest BCUT2D eigenvalue weighted by atomic mass is 16.6. The van der Waals surface area contributed by atoms with Gasteiger partial charge in [-0.1, -0.05) is 0 Å². The van der Waals surface area contributed by atoms with Gasteiger partial charge in [-0.3, -0.25) is 14.9 Å². The average Bonchev–Trinajstić information content (AvgIpc) is 2.35. The highest BCUT2D eigenvalue weighted by molar-refractivity contribution is 6.01. The van der Waals surface area contributed by atoms with Gasteiger partial charge in [-0.2, -0.15) is 0 Å². The number of carbonyl (C=O) groups is 2. The number of nitro groups is 1. The van der Waals surface area contributed by atoms with Crippen LogP contribution in [0.3, 0.4) is 0 Å². The molecule has 0 unspecified atom stereocenters. The third kappa shape index (κ3) is 4.32. The number of nitro benzene ring substituents is 1. The predicted octanol–water partition coefficient (Wildman–Crippen LogP) is 1.18. The first-order chi connectivity index (χ1) is 9.31. The standard InChI is InChI=1S/C12H15N3O5/c1-14(2)6-5-11(16)13-10-7-8(15(19)20)3-4-9(10)12(17)18/h3-4,7H,5-6H2,1-2H3,(H,13,16)(H,17,18). The molecular weight excluding hydrogens is 266 g/mol. The van der Waals surface area contributed by atoms with E-state index in [4.69, 9.17) is 5.11 Å². The maximum absolute atomic E-state index is 11.7. The van der Waals surface area contributed by atoms with Crippen molar-refractivity contribution in [2.24, 2.45) is 0 Å². The molecule has 0 radical (unpaired) electrons. The van der Waals surface area contributed by atoms with E-state index in [0.717, 1.165) is 18.2 Å². The number of carboxylic acid groups (broad SMARTS) is 1. The number of carbonyl (C=O) groups excluding carboxylic acids is 1. The van der Waals surface area contributed by atoms with Crippen molar-refractivity contribution in [2.75, 3.05) is 26.0 Å². The second kappa shape index (κ2) is 6.62. The normalized spacial score (nSPS) is 10.3. The van der Waals surface area contributed by atoms with Gasteiger partial charge in [0.2, 0.25) is 5.91 Å². The van der Waals surface area contributed by atoms with Crippen molar-refractivity contribution in [1.82, 2.24) is 4.90 Å². The second-order valence-electron chi connectivity index (χ2n) is 4.39. The number of nitrogens with zero attached hydrogens (tertiary/aromatic N) is 2. The van der Waals surface area contributed by atoms with Crippen LogP contribution in [0.15, 0.2) is 18.2 Å². The van der Waals surface area contributed by atoms with E-state index < -0.39 is 16.8 Å². The molecule has 8 heteroatoms. The Hall–Kier alpha value is -2.48. The molecule has 0 aliphatic carbocycles. The summed E-state index contributed by atoms with van der Waals surface area (Å²) in [5.41, 5.74) is -0.540. The molecule has 8 nitrogen and oxygen atoms in total. The van der Waals surface area contributed by atoms with Crippen LogP contribution in [-0.2, 0) is 4.79 Å². The molecule has 0 fully saturated rings. The summed E-state index contributed by atoms with van der Waals surface area (Å²) in [5, 5.41) is 22.1. The highest BCUT2D eigenvalue weighted by Crippen LogP contribution is 2.22. The van der Waals surface area contributed by atoms with E-state index in [2.05, 4.69) is 5.32 Å². The molecule has 0 saturated carbocycles. The van der Waals surface area contributed by atoms with Gasteiger partial charge < -0.3 is 15.3 Å². The molecule has 0 heterocycles. The van der Waals surface area contributed by atoms with Gasteiger partial charge in [0.15, 0.2) is 0 Å². The fourth-order valence-corrected chi connectivity index (χ4v) is 1.47. The predicted molar refractivity (Wildman–Crippen MR) is 71.9 cm³/mol. The van der Waals surface area contributed by atoms with Crippen LogP contribution in [0.2, 0.25) is 0 Å². The van der Waals surface area contributed by atoms with Crippen molar-refractivity contribution in [2.45, 2.75) is 6.42 Å². The topological polar surface area (TPSA) is 113 Å². The fourth-order valence-electron chi connectivity index (χ4n) is 1.47. The molecule has 0 aliphatic rings. The molecule has 108 valence electrons. The Bertz CT molecular complexity index is 542. The maximum Gasteiger partial charge on any atom is 0.337 e. The largest absolute Gasteiger partial charge is 0.478 e. The van der Waals surface area contributed by atoms with Crippen molar-refractivity contribution in [3.05, 3.63) is 33.9 Å². The number of rotatable bonds is 6. The Morgan fingerprint density at radius 1 is 1.40 bits per heavy atom. The lowest BCUT2D eigenvalue weighted by Gasteiger charge is -2.11. The number of non-ortho nitro benzene ring substituents is 1.